The Balaban J connectivity index is 1.92. The molecule has 4 heteroatoms. The Morgan fingerprint density at radius 1 is 1.30 bits per heavy atom. The monoisotopic (exact) mass is 272 g/mol. The topological polar surface area (TPSA) is 59.5 Å². The molecule has 4 nitrogen and oxygen atoms in total. The van der Waals surface area contributed by atoms with Crippen LogP contribution in [-0.2, 0) is 0 Å². The van der Waals surface area contributed by atoms with Gasteiger partial charge in [0.2, 0.25) is 0 Å². The average Bonchev–Trinajstić information content (AvgIpc) is 3.13. The zero-order valence-corrected chi connectivity index (χ0v) is 11.5. The lowest BCUT2D eigenvalue weighted by molar-refractivity contribution is 0.0689. The molecule has 0 aliphatic heterocycles. The maximum atomic E-state index is 12.8. The van der Waals surface area contributed by atoms with Crippen molar-refractivity contribution >= 4 is 16.9 Å². The number of hydrogen-bond donors (Lipinski definition) is 1. The van der Waals surface area contributed by atoms with E-state index in [1.165, 1.54) is 12.8 Å². The second-order valence-corrected chi connectivity index (χ2v) is 5.37. The van der Waals surface area contributed by atoms with Gasteiger partial charge >= 0.3 is 0 Å². The summed E-state index contributed by atoms with van der Waals surface area (Å²) in [6.45, 7) is 1.11. The Hall–Kier alpha value is -1.81. The fourth-order valence-electron chi connectivity index (χ4n) is 3.10. The number of nitrogens with two attached hydrogens (primary N) is 1. The number of para-hydroxylation sites is 1. The van der Waals surface area contributed by atoms with Gasteiger partial charge in [0.25, 0.3) is 5.91 Å². The lowest BCUT2D eigenvalue weighted by atomic mass is 10.1. The van der Waals surface area contributed by atoms with Crippen molar-refractivity contribution < 1.29 is 9.21 Å². The van der Waals surface area contributed by atoms with Crippen LogP contribution in [-0.4, -0.2) is 29.9 Å². The third kappa shape index (κ3) is 2.31. The predicted molar refractivity (Wildman–Crippen MR) is 78.6 cm³/mol. The quantitative estimate of drug-likeness (QED) is 0.931. The van der Waals surface area contributed by atoms with Crippen LogP contribution < -0.4 is 5.73 Å². The Kier molecular flexibility index (Phi) is 3.74. The number of benzene rings is 1. The molecule has 1 aromatic carbocycles. The predicted octanol–water partition coefficient (Wildman–Crippen LogP) is 2.78. The highest BCUT2D eigenvalue weighted by atomic mass is 16.3. The summed E-state index contributed by atoms with van der Waals surface area (Å²) in [5, 5.41) is 0.887. The Labute approximate surface area is 118 Å². The molecule has 1 heterocycles. The van der Waals surface area contributed by atoms with Crippen LogP contribution in [0.2, 0.25) is 0 Å². The molecular weight excluding hydrogens is 252 g/mol. The number of nitrogens with zero attached hydrogens (tertiary/aromatic N) is 1. The molecule has 1 aliphatic rings. The minimum atomic E-state index is 0.0484. The van der Waals surface area contributed by atoms with E-state index in [0.717, 1.165) is 23.8 Å². The van der Waals surface area contributed by atoms with Crippen molar-refractivity contribution in [2.24, 2.45) is 5.73 Å². The van der Waals surface area contributed by atoms with Crippen LogP contribution in [0.25, 0.3) is 11.0 Å². The van der Waals surface area contributed by atoms with Crippen LogP contribution in [0.4, 0.5) is 0 Å². The van der Waals surface area contributed by atoms with Gasteiger partial charge in [-0.05, 0) is 18.9 Å². The van der Waals surface area contributed by atoms with Gasteiger partial charge in [0.15, 0.2) is 0 Å². The maximum absolute atomic E-state index is 12.8. The number of hydrogen-bond acceptors (Lipinski definition) is 3. The van der Waals surface area contributed by atoms with Gasteiger partial charge in [-0.2, -0.15) is 0 Å². The van der Waals surface area contributed by atoms with E-state index in [0.29, 0.717) is 24.7 Å². The summed E-state index contributed by atoms with van der Waals surface area (Å²) in [6.07, 6.45) is 6.14. The molecule has 0 bridgehead atoms. The normalized spacial score (nSPS) is 15.8. The first-order valence-electron chi connectivity index (χ1n) is 7.28. The van der Waals surface area contributed by atoms with Crippen molar-refractivity contribution in [1.82, 2.24) is 4.90 Å². The average molecular weight is 272 g/mol. The van der Waals surface area contributed by atoms with E-state index in [2.05, 4.69) is 0 Å². The Bertz CT molecular complexity index is 599. The number of carbonyl (C=O) groups excluding carboxylic acids is 1. The molecule has 20 heavy (non-hydrogen) atoms. The van der Waals surface area contributed by atoms with Crippen LogP contribution in [0, 0.1) is 0 Å². The smallest absolute Gasteiger partial charge is 0.258 e. The van der Waals surface area contributed by atoms with Crippen molar-refractivity contribution in [3.05, 3.63) is 36.1 Å². The molecule has 3 rings (SSSR count). The summed E-state index contributed by atoms with van der Waals surface area (Å²) in [6, 6.07) is 7.99. The highest BCUT2D eigenvalue weighted by Crippen LogP contribution is 2.27. The standard InChI is InChI=1S/C16H20N2O2/c17-9-10-18(12-5-1-2-6-12)16(19)14-11-20-15-8-4-3-7-13(14)15/h3-4,7-8,11-12H,1-2,5-6,9-10,17H2. The third-order valence-corrected chi connectivity index (χ3v) is 4.11. The summed E-state index contributed by atoms with van der Waals surface area (Å²) in [4.78, 5) is 14.7. The summed E-state index contributed by atoms with van der Waals surface area (Å²) >= 11 is 0. The molecule has 106 valence electrons. The van der Waals surface area contributed by atoms with Crippen molar-refractivity contribution in [3.8, 4) is 0 Å². The summed E-state index contributed by atoms with van der Waals surface area (Å²) in [5.41, 5.74) is 7.10. The third-order valence-electron chi connectivity index (χ3n) is 4.11. The summed E-state index contributed by atoms with van der Waals surface area (Å²) in [7, 11) is 0. The maximum Gasteiger partial charge on any atom is 0.258 e. The number of furan rings is 1. The molecule has 1 amide bonds. The molecule has 0 unspecified atom stereocenters. The van der Waals surface area contributed by atoms with Gasteiger partial charge in [-0.25, -0.2) is 0 Å². The van der Waals surface area contributed by atoms with Gasteiger partial charge < -0.3 is 15.1 Å². The first kappa shape index (κ1) is 13.2. The zero-order valence-electron chi connectivity index (χ0n) is 11.5. The van der Waals surface area contributed by atoms with Crippen LogP contribution >= 0.6 is 0 Å². The molecule has 0 spiro atoms. The van der Waals surface area contributed by atoms with E-state index in [1.54, 1.807) is 6.26 Å². The van der Waals surface area contributed by atoms with Gasteiger partial charge in [-0.3, -0.25) is 4.79 Å². The Morgan fingerprint density at radius 2 is 2.05 bits per heavy atom. The second-order valence-electron chi connectivity index (χ2n) is 5.37. The molecule has 1 saturated carbocycles. The van der Waals surface area contributed by atoms with E-state index in [4.69, 9.17) is 10.2 Å². The van der Waals surface area contributed by atoms with Gasteiger partial charge in [0, 0.05) is 24.5 Å². The van der Waals surface area contributed by atoms with E-state index in [9.17, 15) is 4.79 Å². The molecule has 1 aliphatic carbocycles. The number of fused-ring (bicyclic) bond motifs is 1. The van der Waals surface area contributed by atoms with E-state index in [-0.39, 0.29) is 5.91 Å². The van der Waals surface area contributed by atoms with Gasteiger partial charge in [0.1, 0.15) is 11.8 Å². The first-order valence-corrected chi connectivity index (χ1v) is 7.28. The van der Waals surface area contributed by atoms with Gasteiger partial charge in [0.05, 0.1) is 5.56 Å². The molecule has 0 radical (unpaired) electrons. The van der Waals surface area contributed by atoms with Gasteiger partial charge in [-0.1, -0.05) is 31.0 Å². The summed E-state index contributed by atoms with van der Waals surface area (Å²) < 4.78 is 5.48. The number of amides is 1. The molecule has 1 aromatic heterocycles. The lowest BCUT2D eigenvalue weighted by Crippen LogP contribution is -2.41. The molecule has 0 atom stereocenters. The van der Waals surface area contributed by atoms with E-state index < -0.39 is 0 Å². The van der Waals surface area contributed by atoms with Crippen molar-refractivity contribution in [3.63, 3.8) is 0 Å². The highest BCUT2D eigenvalue weighted by molar-refractivity contribution is 6.06. The number of carbonyl (C=O) groups is 1. The number of rotatable bonds is 4. The van der Waals surface area contributed by atoms with Crippen molar-refractivity contribution in [1.29, 1.82) is 0 Å². The SMILES string of the molecule is NCCN(C(=O)c1coc2ccccc12)C1CCCC1. The van der Waals surface area contributed by atoms with Crippen LogP contribution in [0.1, 0.15) is 36.0 Å². The lowest BCUT2D eigenvalue weighted by Gasteiger charge is -2.28. The summed E-state index contributed by atoms with van der Waals surface area (Å²) in [5.74, 6) is 0.0484. The Morgan fingerprint density at radius 3 is 2.80 bits per heavy atom. The first-order chi connectivity index (χ1) is 9.81. The largest absolute Gasteiger partial charge is 0.463 e. The second kappa shape index (κ2) is 5.67. The minimum absolute atomic E-state index is 0.0484. The van der Waals surface area contributed by atoms with E-state index in [1.807, 2.05) is 29.2 Å². The van der Waals surface area contributed by atoms with Crippen LogP contribution in [0.15, 0.2) is 34.9 Å². The van der Waals surface area contributed by atoms with Crippen LogP contribution in [0.3, 0.4) is 0 Å². The zero-order chi connectivity index (χ0) is 13.9. The van der Waals surface area contributed by atoms with Crippen LogP contribution in [0.5, 0.6) is 0 Å². The molecule has 0 saturated heterocycles. The van der Waals surface area contributed by atoms with Crippen molar-refractivity contribution in [2.75, 3.05) is 13.1 Å². The fourth-order valence-corrected chi connectivity index (χ4v) is 3.10. The van der Waals surface area contributed by atoms with Crippen molar-refractivity contribution in [2.45, 2.75) is 31.7 Å². The fraction of sp³-hybridized carbons (Fsp3) is 0.438. The molecule has 1 fully saturated rings. The molecule has 2 aromatic rings. The van der Waals surface area contributed by atoms with Gasteiger partial charge in [-0.15, -0.1) is 0 Å². The minimum Gasteiger partial charge on any atom is -0.463 e. The molecule has 2 N–H and O–H groups in total. The van der Waals surface area contributed by atoms with E-state index >= 15 is 0 Å². The molecular formula is C16H20N2O2. The highest BCUT2D eigenvalue weighted by Gasteiger charge is 2.28.